The van der Waals surface area contributed by atoms with Gasteiger partial charge in [-0.1, -0.05) is 6.92 Å². The number of rotatable bonds is 11. The van der Waals surface area contributed by atoms with Gasteiger partial charge >= 0.3 is 0 Å². The average Bonchev–Trinajstić information content (AvgIpc) is 2.43. The summed E-state index contributed by atoms with van der Waals surface area (Å²) in [5.74, 6) is 2.31. The van der Waals surface area contributed by atoms with Crippen LogP contribution in [0.3, 0.4) is 0 Å². The highest BCUT2D eigenvalue weighted by Crippen LogP contribution is 2.11. The molecule has 0 unspecified atom stereocenters. The fourth-order valence-corrected chi connectivity index (χ4v) is 1.69. The molecular weight excluding hydrogens is 256 g/mol. The van der Waals surface area contributed by atoms with Crippen molar-refractivity contribution in [2.75, 3.05) is 44.0 Å². The van der Waals surface area contributed by atoms with E-state index in [4.69, 9.17) is 9.47 Å². The van der Waals surface area contributed by atoms with Gasteiger partial charge in [0.1, 0.15) is 18.2 Å². The summed E-state index contributed by atoms with van der Waals surface area (Å²) >= 11 is 0. The summed E-state index contributed by atoms with van der Waals surface area (Å²) in [4.78, 5) is 8.78. The van der Waals surface area contributed by atoms with E-state index < -0.39 is 0 Å². The zero-order valence-corrected chi connectivity index (χ0v) is 12.7. The van der Waals surface area contributed by atoms with Gasteiger partial charge in [0, 0.05) is 39.5 Å². The van der Waals surface area contributed by atoms with Crippen LogP contribution >= 0.6 is 0 Å². The van der Waals surface area contributed by atoms with Gasteiger partial charge in [-0.3, -0.25) is 0 Å². The number of anilines is 2. The van der Waals surface area contributed by atoms with Crippen LogP contribution in [0.1, 0.15) is 32.5 Å². The SMILES string of the molecule is CCCOCCCNc1cc(NCC)nc(COC)n1. The molecule has 2 N–H and O–H groups in total. The van der Waals surface area contributed by atoms with E-state index in [9.17, 15) is 0 Å². The van der Waals surface area contributed by atoms with Crippen molar-refractivity contribution in [2.45, 2.75) is 33.3 Å². The lowest BCUT2D eigenvalue weighted by molar-refractivity contribution is 0.134. The first-order chi connectivity index (χ1) is 9.80. The Morgan fingerprint density at radius 1 is 1.10 bits per heavy atom. The molecule has 0 aliphatic rings. The summed E-state index contributed by atoms with van der Waals surface area (Å²) in [6.45, 7) is 7.82. The Kier molecular flexibility index (Phi) is 8.66. The third-order valence-corrected chi connectivity index (χ3v) is 2.52. The van der Waals surface area contributed by atoms with Gasteiger partial charge in [-0.15, -0.1) is 0 Å². The molecular formula is C14H26N4O2. The zero-order chi connectivity index (χ0) is 14.6. The smallest absolute Gasteiger partial charge is 0.158 e. The minimum absolute atomic E-state index is 0.410. The Morgan fingerprint density at radius 2 is 1.85 bits per heavy atom. The van der Waals surface area contributed by atoms with E-state index in [0.717, 1.165) is 50.8 Å². The Morgan fingerprint density at radius 3 is 2.50 bits per heavy atom. The summed E-state index contributed by atoms with van der Waals surface area (Å²) in [6, 6.07) is 1.91. The van der Waals surface area contributed by atoms with Gasteiger partial charge in [-0.25, -0.2) is 9.97 Å². The molecule has 1 heterocycles. The number of aromatic nitrogens is 2. The molecule has 0 saturated heterocycles. The largest absolute Gasteiger partial charge is 0.381 e. The van der Waals surface area contributed by atoms with Crippen molar-refractivity contribution in [2.24, 2.45) is 0 Å². The van der Waals surface area contributed by atoms with Crippen molar-refractivity contribution >= 4 is 11.6 Å². The molecule has 0 radical (unpaired) electrons. The number of nitrogens with zero attached hydrogens (tertiary/aromatic N) is 2. The van der Waals surface area contributed by atoms with Crippen molar-refractivity contribution in [3.05, 3.63) is 11.9 Å². The third-order valence-electron chi connectivity index (χ3n) is 2.52. The van der Waals surface area contributed by atoms with Crippen LogP contribution in [0.15, 0.2) is 6.07 Å². The van der Waals surface area contributed by atoms with Crippen molar-refractivity contribution in [1.82, 2.24) is 9.97 Å². The first kappa shape index (κ1) is 16.7. The van der Waals surface area contributed by atoms with Gasteiger partial charge < -0.3 is 20.1 Å². The summed E-state index contributed by atoms with van der Waals surface area (Å²) in [5.41, 5.74) is 0. The lowest BCUT2D eigenvalue weighted by atomic mass is 10.4. The summed E-state index contributed by atoms with van der Waals surface area (Å²) in [6.07, 6.45) is 2.02. The fourth-order valence-electron chi connectivity index (χ4n) is 1.69. The van der Waals surface area contributed by atoms with E-state index in [-0.39, 0.29) is 0 Å². The van der Waals surface area contributed by atoms with E-state index in [1.54, 1.807) is 7.11 Å². The second-order valence-corrected chi connectivity index (χ2v) is 4.41. The van der Waals surface area contributed by atoms with Crippen LogP contribution in [-0.2, 0) is 16.1 Å². The molecule has 0 atom stereocenters. The molecule has 1 rings (SSSR count). The minimum Gasteiger partial charge on any atom is -0.381 e. The molecule has 0 saturated carbocycles. The topological polar surface area (TPSA) is 68.3 Å². The predicted octanol–water partition coefficient (Wildman–Crippen LogP) is 2.28. The number of methoxy groups -OCH3 is 1. The molecule has 6 heteroatoms. The molecule has 6 nitrogen and oxygen atoms in total. The monoisotopic (exact) mass is 282 g/mol. The molecule has 0 aliphatic carbocycles. The molecule has 1 aromatic rings. The van der Waals surface area contributed by atoms with Crippen LogP contribution < -0.4 is 10.6 Å². The van der Waals surface area contributed by atoms with Crippen LogP contribution in [0.5, 0.6) is 0 Å². The van der Waals surface area contributed by atoms with E-state index >= 15 is 0 Å². The van der Waals surface area contributed by atoms with Gasteiger partial charge in [0.05, 0.1) is 0 Å². The van der Waals surface area contributed by atoms with Crippen molar-refractivity contribution in [3.63, 3.8) is 0 Å². The molecule has 0 spiro atoms. The Bertz CT molecular complexity index is 350. The van der Waals surface area contributed by atoms with Gasteiger partial charge in [0.15, 0.2) is 5.82 Å². The summed E-state index contributed by atoms with van der Waals surface area (Å²) in [7, 11) is 1.64. The van der Waals surface area contributed by atoms with Gasteiger partial charge in [0.2, 0.25) is 0 Å². The van der Waals surface area contributed by atoms with E-state index in [1.807, 2.05) is 13.0 Å². The molecule has 0 aromatic carbocycles. The highest BCUT2D eigenvalue weighted by Gasteiger charge is 2.03. The average molecular weight is 282 g/mol. The second kappa shape index (κ2) is 10.4. The number of nitrogens with one attached hydrogen (secondary N) is 2. The fraction of sp³-hybridized carbons (Fsp3) is 0.714. The van der Waals surface area contributed by atoms with Crippen molar-refractivity contribution < 1.29 is 9.47 Å². The first-order valence-electron chi connectivity index (χ1n) is 7.22. The van der Waals surface area contributed by atoms with E-state index in [2.05, 4.69) is 27.5 Å². The normalized spacial score (nSPS) is 10.6. The molecule has 0 aliphatic heterocycles. The number of hydrogen-bond donors (Lipinski definition) is 2. The Balaban J connectivity index is 2.46. The maximum absolute atomic E-state index is 5.44. The highest BCUT2D eigenvalue weighted by molar-refractivity contribution is 5.47. The molecule has 114 valence electrons. The van der Waals surface area contributed by atoms with Crippen LogP contribution in [0.2, 0.25) is 0 Å². The molecule has 1 aromatic heterocycles. The Hall–Kier alpha value is -1.40. The minimum atomic E-state index is 0.410. The van der Waals surface area contributed by atoms with Crippen LogP contribution in [0.4, 0.5) is 11.6 Å². The van der Waals surface area contributed by atoms with Gasteiger partial charge in [0.25, 0.3) is 0 Å². The predicted molar refractivity (Wildman–Crippen MR) is 81.1 cm³/mol. The standard InChI is InChI=1S/C14H26N4O2/c1-4-8-20-9-6-7-16-13-10-12(15-5-2)17-14(18-13)11-19-3/h10H,4-9,11H2,1-3H3,(H2,15,16,17,18). The lowest BCUT2D eigenvalue weighted by Crippen LogP contribution is -2.11. The second-order valence-electron chi connectivity index (χ2n) is 4.41. The van der Waals surface area contributed by atoms with Crippen molar-refractivity contribution in [1.29, 1.82) is 0 Å². The van der Waals surface area contributed by atoms with Gasteiger partial charge in [-0.2, -0.15) is 0 Å². The van der Waals surface area contributed by atoms with E-state index in [1.165, 1.54) is 0 Å². The quantitative estimate of drug-likeness (QED) is 0.607. The maximum Gasteiger partial charge on any atom is 0.158 e. The molecule has 0 bridgehead atoms. The van der Waals surface area contributed by atoms with Crippen molar-refractivity contribution in [3.8, 4) is 0 Å². The lowest BCUT2D eigenvalue weighted by Gasteiger charge is -2.10. The Labute approximate surface area is 121 Å². The maximum atomic E-state index is 5.44. The third kappa shape index (κ3) is 6.68. The first-order valence-corrected chi connectivity index (χ1v) is 7.22. The van der Waals surface area contributed by atoms with E-state index in [0.29, 0.717) is 12.4 Å². The van der Waals surface area contributed by atoms with Gasteiger partial charge in [-0.05, 0) is 19.8 Å². The summed E-state index contributed by atoms with van der Waals surface area (Å²) < 4.78 is 10.5. The number of hydrogen-bond acceptors (Lipinski definition) is 6. The molecule has 20 heavy (non-hydrogen) atoms. The number of ether oxygens (including phenoxy) is 2. The van der Waals surface area contributed by atoms with Crippen LogP contribution in [0.25, 0.3) is 0 Å². The molecule has 0 amide bonds. The molecule has 0 fully saturated rings. The van der Waals surface area contributed by atoms with Crippen LogP contribution in [-0.4, -0.2) is 43.4 Å². The summed E-state index contributed by atoms with van der Waals surface area (Å²) in [5, 5.41) is 6.49. The zero-order valence-electron chi connectivity index (χ0n) is 12.7. The highest BCUT2D eigenvalue weighted by atomic mass is 16.5. The van der Waals surface area contributed by atoms with Crippen LogP contribution in [0, 0.1) is 0 Å².